The molecule has 1 aromatic heterocycles. The molecule has 0 atom stereocenters. The van der Waals surface area contributed by atoms with Gasteiger partial charge in [0.25, 0.3) is 0 Å². The summed E-state index contributed by atoms with van der Waals surface area (Å²) in [6, 6.07) is 17.5. The summed E-state index contributed by atoms with van der Waals surface area (Å²) in [4.78, 5) is 4.44. The van der Waals surface area contributed by atoms with Gasteiger partial charge in [-0.05, 0) is 83.5 Å². The minimum absolute atomic E-state index is 0.0845. The number of fused-ring (bicyclic) bond motifs is 1. The fourth-order valence-corrected chi connectivity index (χ4v) is 3.83. The molecule has 29 heavy (non-hydrogen) atoms. The van der Waals surface area contributed by atoms with Gasteiger partial charge in [-0.3, -0.25) is 4.98 Å². The highest BCUT2D eigenvalue weighted by Crippen LogP contribution is 2.36. The predicted molar refractivity (Wildman–Crippen MR) is 119 cm³/mol. The Balaban J connectivity index is 1.71. The summed E-state index contributed by atoms with van der Waals surface area (Å²) in [6.45, 7) is 11.3. The highest BCUT2D eigenvalue weighted by molar-refractivity contribution is 5.72. The lowest BCUT2D eigenvalue weighted by molar-refractivity contribution is 0.302. The normalized spacial score (nSPS) is 13.8. The van der Waals surface area contributed by atoms with E-state index >= 15 is 0 Å². The van der Waals surface area contributed by atoms with Crippen LogP contribution < -0.4 is 10.1 Å². The average Bonchev–Trinajstić information content (AvgIpc) is 2.71. The van der Waals surface area contributed by atoms with E-state index in [2.05, 4.69) is 80.5 Å². The first kappa shape index (κ1) is 19.7. The molecule has 4 rings (SSSR count). The van der Waals surface area contributed by atoms with Gasteiger partial charge < -0.3 is 10.1 Å². The Kier molecular flexibility index (Phi) is 5.42. The summed E-state index contributed by atoms with van der Waals surface area (Å²) in [7, 11) is 0. The minimum atomic E-state index is 0.0845. The van der Waals surface area contributed by atoms with Gasteiger partial charge in [-0.2, -0.15) is 0 Å². The summed E-state index contributed by atoms with van der Waals surface area (Å²) in [5, 5.41) is 3.48. The van der Waals surface area contributed by atoms with Gasteiger partial charge >= 0.3 is 0 Å². The number of hydrogen-bond acceptors (Lipinski definition) is 3. The van der Waals surface area contributed by atoms with E-state index in [9.17, 15) is 0 Å². The van der Waals surface area contributed by atoms with Crippen LogP contribution in [0.3, 0.4) is 0 Å². The number of aryl methyl sites for hydroxylation is 1. The van der Waals surface area contributed by atoms with Crippen molar-refractivity contribution in [3.05, 3.63) is 82.7 Å². The zero-order valence-corrected chi connectivity index (χ0v) is 17.9. The Labute approximate surface area is 174 Å². The molecule has 0 bridgehead atoms. The zero-order valence-electron chi connectivity index (χ0n) is 17.9. The second kappa shape index (κ2) is 8.00. The molecule has 0 spiro atoms. The molecule has 1 aliphatic heterocycles. The fourth-order valence-electron chi connectivity index (χ4n) is 3.83. The first-order chi connectivity index (χ1) is 13.9. The molecule has 0 amide bonds. The molecule has 0 radical (unpaired) electrons. The highest BCUT2D eigenvalue weighted by atomic mass is 16.5. The largest absolute Gasteiger partial charge is 0.487 e. The monoisotopic (exact) mass is 386 g/mol. The Hall–Kier alpha value is -2.65. The molecule has 3 aromatic rings. The summed E-state index contributed by atoms with van der Waals surface area (Å²) < 4.78 is 6.27. The van der Waals surface area contributed by atoms with E-state index in [0.29, 0.717) is 6.61 Å². The van der Waals surface area contributed by atoms with Gasteiger partial charge in [0.2, 0.25) is 0 Å². The number of hydrogen-bond donors (Lipinski definition) is 1. The number of rotatable bonds is 4. The van der Waals surface area contributed by atoms with E-state index in [4.69, 9.17) is 4.74 Å². The summed E-state index contributed by atoms with van der Waals surface area (Å²) in [6.07, 6.45) is 2.94. The van der Waals surface area contributed by atoms with Crippen LogP contribution in [0.1, 0.15) is 48.7 Å². The summed E-state index contributed by atoms with van der Waals surface area (Å²) >= 11 is 0. The molecular formula is C26H30N2O. The van der Waals surface area contributed by atoms with Crippen molar-refractivity contribution < 1.29 is 4.74 Å². The quantitative estimate of drug-likeness (QED) is 0.636. The lowest BCUT2D eigenvalue weighted by atomic mass is 9.84. The molecule has 0 unspecified atom stereocenters. The number of aromatic nitrogens is 1. The van der Waals surface area contributed by atoms with Crippen LogP contribution in [0, 0.1) is 6.92 Å². The van der Waals surface area contributed by atoms with Crippen LogP contribution in [0.15, 0.2) is 54.7 Å². The minimum Gasteiger partial charge on any atom is -0.487 e. The van der Waals surface area contributed by atoms with Crippen molar-refractivity contribution in [2.75, 3.05) is 6.54 Å². The van der Waals surface area contributed by atoms with Crippen LogP contribution in [-0.2, 0) is 25.0 Å². The van der Waals surface area contributed by atoms with Crippen molar-refractivity contribution in [1.29, 1.82) is 0 Å². The van der Waals surface area contributed by atoms with E-state index in [0.717, 1.165) is 36.5 Å². The van der Waals surface area contributed by atoms with Crippen molar-refractivity contribution in [3.8, 4) is 16.9 Å². The van der Waals surface area contributed by atoms with Crippen molar-refractivity contribution in [1.82, 2.24) is 10.3 Å². The molecule has 1 N–H and O–H groups in total. The van der Waals surface area contributed by atoms with Gasteiger partial charge in [-0.25, -0.2) is 0 Å². The van der Waals surface area contributed by atoms with Crippen molar-refractivity contribution in [3.63, 3.8) is 0 Å². The smallest absolute Gasteiger partial charge is 0.130 e. The maximum atomic E-state index is 6.27. The lowest BCUT2D eigenvalue weighted by Gasteiger charge is -2.23. The molecule has 3 heteroatoms. The van der Waals surface area contributed by atoms with Gasteiger partial charge in [-0.1, -0.05) is 39.0 Å². The van der Waals surface area contributed by atoms with Crippen LogP contribution in [0.4, 0.5) is 0 Å². The van der Waals surface area contributed by atoms with Gasteiger partial charge in [0.1, 0.15) is 12.4 Å². The highest BCUT2D eigenvalue weighted by Gasteiger charge is 2.18. The van der Waals surface area contributed by atoms with Crippen LogP contribution in [0.25, 0.3) is 11.1 Å². The van der Waals surface area contributed by atoms with Crippen molar-refractivity contribution >= 4 is 0 Å². The van der Waals surface area contributed by atoms with Crippen LogP contribution in [-0.4, -0.2) is 11.5 Å². The third-order valence-electron chi connectivity index (χ3n) is 5.60. The standard InChI is InChI=1S/C26H30N2O/c1-18-9-12-28-23(13-18)17-29-25-8-7-22(26(2,3)4)15-24(25)20-6-5-19-10-11-27-16-21(19)14-20/h5-9,12-15,27H,10-11,16-17H2,1-4H3. The van der Waals surface area contributed by atoms with Crippen molar-refractivity contribution in [2.24, 2.45) is 0 Å². The first-order valence-electron chi connectivity index (χ1n) is 10.4. The zero-order chi connectivity index (χ0) is 20.4. The van der Waals surface area contributed by atoms with Crippen LogP contribution >= 0.6 is 0 Å². The number of nitrogens with zero attached hydrogens (tertiary/aromatic N) is 1. The molecule has 0 saturated carbocycles. The van der Waals surface area contributed by atoms with E-state index in [1.54, 1.807) is 0 Å². The van der Waals surface area contributed by atoms with Gasteiger partial charge in [-0.15, -0.1) is 0 Å². The maximum Gasteiger partial charge on any atom is 0.130 e. The maximum absolute atomic E-state index is 6.27. The number of benzene rings is 2. The van der Waals surface area contributed by atoms with Crippen LogP contribution in [0.2, 0.25) is 0 Å². The Morgan fingerprint density at radius 3 is 2.66 bits per heavy atom. The second-order valence-electron chi connectivity index (χ2n) is 8.98. The number of nitrogens with one attached hydrogen (secondary N) is 1. The fraction of sp³-hybridized carbons (Fsp3) is 0.346. The molecule has 2 heterocycles. The van der Waals surface area contributed by atoms with E-state index in [1.807, 2.05) is 12.3 Å². The SMILES string of the molecule is Cc1ccnc(COc2ccc(C(C)(C)C)cc2-c2ccc3c(c2)CNCC3)c1. The topological polar surface area (TPSA) is 34.1 Å². The third kappa shape index (κ3) is 4.51. The molecule has 0 aliphatic carbocycles. The third-order valence-corrected chi connectivity index (χ3v) is 5.60. The Bertz CT molecular complexity index is 1020. The predicted octanol–water partition coefficient (Wildman–Crippen LogP) is 5.58. The number of ether oxygens (including phenoxy) is 1. The van der Waals surface area contributed by atoms with Gasteiger partial charge in [0.15, 0.2) is 0 Å². The van der Waals surface area contributed by atoms with E-state index in [-0.39, 0.29) is 5.41 Å². The second-order valence-corrected chi connectivity index (χ2v) is 8.98. The summed E-state index contributed by atoms with van der Waals surface area (Å²) in [5.41, 5.74) is 8.75. The van der Waals surface area contributed by atoms with Gasteiger partial charge in [0, 0.05) is 18.3 Å². The van der Waals surface area contributed by atoms with Gasteiger partial charge in [0.05, 0.1) is 5.69 Å². The number of pyridine rings is 1. The van der Waals surface area contributed by atoms with E-state index < -0.39 is 0 Å². The Morgan fingerprint density at radius 1 is 1.00 bits per heavy atom. The molecule has 3 nitrogen and oxygen atoms in total. The summed E-state index contributed by atoms with van der Waals surface area (Å²) in [5.74, 6) is 0.907. The van der Waals surface area contributed by atoms with Crippen LogP contribution in [0.5, 0.6) is 5.75 Å². The molecule has 2 aromatic carbocycles. The van der Waals surface area contributed by atoms with Crippen molar-refractivity contribution in [2.45, 2.75) is 52.7 Å². The molecule has 1 aliphatic rings. The lowest BCUT2D eigenvalue weighted by Crippen LogP contribution is -2.23. The first-order valence-corrected chi connectivity index (χ1v) is 10.4. The molecular weight excluding hydrogens is 356 g/mol. The molecule has 150 valence electrons. The van der Waals surface area contributed by atoms with E-state index in [1.165, 1.54) is 27.8 Å². The average molecular weight is 387 g/mol. The molecule has 0 saturated heterocycles. The Morgan fingerprint density at radius 2 is 1.86 bits per heavy atom. The molecule has 0 fully saturated rings.